The van der Waals surface area contributed by atoms with E-state index < -0.39 is 5.60 Å². The fourth-order valence-corrected chi connectivity index (χ4v) is 1.49. The minimum atomic E-state index is -0.707. The molecule has 0 radical (unpaired) electrons. The maximum Gasteiger partial charge on any atom is 0.0767 e. The Kier molecular flexibility index (Phi) is 10.9. The van der Waals surface area contributed by atoms with Crippen LogP contribution in [0.4, 0.5) is 0 Å². The Bertz CT molecular complexity index is 161. The molecule has 1 atom stereocenters. The second-order valence-electron chi connectivity index (χ2n) is 4.46. The second kappa shape index (κ2) is 11.0. The van der Waals surface area contributed by atoms with Crippen LogP contribution in [0, 0.1) is 0 Å². The van der Waals surface area contributed by atoms with Crippen LogP contribution in [-0.4, -0.2) is 43.7 Å². The molecule has 0 aliphatic rings. The molecule has 0 aromatic heterocycles. The van der Waals surface area contributed by atoms with Crippen molar-refractivity contribution in [3.63, 3.8) is 0 Å². The maximum absolute atomic E-state index is 9.92. The summed E-state index contributed by atoms with van der Waals surface area (Å²) < 4.78 is 10.8. The van der Waals surface area contributed by atoms with Crippen molar-refractivity contribution in [1.82, 2.24) is 0 Å². The molecule has 0 fully saturated rings. The van der Waals surface area contributed by atoms with Crippen LogP contribution in [-0.2, 0) is 9.47 Å². The fraction of sp³-hybridized carbons (Fsp3) is 1.00. The standard InChI is InChI=1S/C13H29NO3/c1-3-5-8-16-10-11-17-9-6-7-13(15,4-2)12-14/h15H,3-12,14H2,1-2H3. The fourth-order valence-electron chi connectivity index (χ4n) is 1.49. The lowest BCUT2D eigenvalue weighted by Crippen LogP contribution is -2.37. The number of hydrogen-bond acceptors (Lipinski definition) is 4. The third-order valence-electron chi connectivity index (χ3n) is 2.98. The van der Waals surface area contributed by atoms with Crippen molar-refractivity contribution in [2.45, 2.75) is 51.6 Å². The van der Waals surface area contributed by atoms with E-state index in [0.29, 0.717) is 39.2 Å². The van der Waals surface area contributed by atoms with Crippen LogP contribution in [0.3, 0.4) is 0 Å². The molecule has 0 aliphatic heterocycles. The van der Waals surface area contributed by atoms with Gasteiger partial charge in [0.05, 0.1) is 18.8 Å². The smallest absolute Gasteiger partial charge is 0.0767 e. The molecule has 0 heterocycles. The highest BCUT2D eigenvalue weighted by molar-refractivity contribution is 4.77. The molecule has 0 aromatic rings. The van der Waals surface area contributed by atoms with Gasteiger partial charge in [-0.1, -0.05) is 20.3 Å². The minimum absolute atomic E-state index is 0.323. The molecule has 0 spiro atoms. The van der Waals surface area contributed by atoms with E-state index in [1.54, 1.807) is 0 Å². The van der Waals surface area contributed by atoms with E-state index in [-0.39, 0.29) is 0 Å². The highest BCUT2D eigenvalue weighted by Crippen LogP contribution is 2.15. The van der Waals surface area contributed by atoms with Crippen molar-refractivity contribution in [3.05, 3.63) is 0 Å². The first-order chi connectivity index (χ1) is 8.18. The molecular weight excluding hydrogens is 218 g/mol. The first-order valence-electron chi connectivity index (χ1n) is 6.76. The van der Waals surface area contributed by atoms with Gasteiger partial charge in [0.2, 0.25) is 0 Å². The summed E-state index contributed by atoms with van der Waals surface area (Å²) in [5.41, 5.74) is 4.81. The molecule has 4 heteroatoms. The monoisotopic (exact) mass is 247 g/mol. The van der Waals surface area contributed by atoms with Crippen LogP contribution in [0.25, 0.3) is 0 Å². The van der Waals surface area contributed by atoms with Crippen LogP contribution in [0.5, 0.6) is 0 Å². The van der Waals surface area contributed by atoms with Gasteiger partial charge < -0.3 is 20.3 Å². The molecule has 0 amide bonds. The summed E-state index contributed by atoms with van der Waals surface area (Å²) in [6, 6.07) is 0. The SMILES string of the molecule is CCCCOCCOCCCC(O)(CC)CN. The topological polar surface area (TPSA) is 64.7 Å². The van der Waals surface area contributed by atoms with E-state index in [0.717, 1.165) is 25.9 Å². The van der Waals surface area contributed by atoms with Crippen molar-refractivity contribution in [3.8, 4) is 0 Å². The molecule has 0 rings (SSSR count). The molecule has 0 saturated heterocycles. The van der Waals surface area contributed by atoms with Crippen LogP contribution in [0.15, 0.2) is 0 Å². The number of rotatable bonds is 12. The summed E-state index contributed by atoms with van der Waals surface area (Å²) in [5.74, 6) is 0. The summed E-state index contributed by atoms with van der Waals surface area (Å²) in [7, 11) is 0. The van der Waals surface area contributed by atoms with Crippen molar-refractivity contribution in [2.75, 3.05) is 33.0 Å². The lowest BCUT2D eigenvalue weighted by Gasteiger charge is -2.24. The van der Waals surface area contributed by atoms with Crippen molar-refractivity contribution in [2.24, 2.45) is 5.73 Å². The zero-order chi connectivity index (χ0) is 13.0. The van der Waals surface area contributed by atoms with Gasteiger partial charge in [0.15, 0.2) is 0 Å². The summed E-state index contributed by atoms with van der Waals surface area (Å²) in [6.45, 7) is 7.21. The Labute approximate surface area is 105 Å². The van der Waals surface area contributed by atoms with E-state index in [9.17, 15) is 5.11 Å². The number of aliphatic hydroxyl groups is 1. The van der Waals surface area contributed by atoms with Gasteiger partial charge in [-0.25, -0.2) is 0 Å². The number of hydrogen-bond donors (Lipinski definition) is 2. The molecule has 17 heavy (non-hydrogen) atoms. The number of unbranched alkanes of at least 4 members (excludes halogenated alkanes) is 1. The average molecular weight is 247 g/mol. The summed E-state index contributed by atoms with van der Waals surface area (Å²) in [6.07, 6.45) is 4.52. The van der Waals surface area contributed by atoms with Crippen molar-refractivity contribution >= 4 is 0 Å². The number of nitrogens with two attached hydrogens (primary N) is 1. The van der Waals surface area contributed by atoms with E-state index >= 15 is 0 Å². The van der Waals surface area contributed by atoms with Crippen molar-refractivity contribution < 1.29 is 14.6 Å². The summed E-state index contributed by atoms with van der Waals surface area (Å²) in [4.78, 5) is 0. The summed E-state index contributed by atoms with van der Waals surface area (Å²) >= 11 is 0. The molecule has 104 valence electrons. The largest absolute Gasteiger partial charge is 0.389 e. The van der Waals surface area contributed by atoms with Gasteiger partial charge >= 0.3 is 0 Å². The molecule has 0 saturated carbocycles. The predicted octanol–water partition coefficient (Wildman–Crippen LogP) is 1.70. The molecule has 4 nitrogen and oxygen atoms in total. The zero-order valence-corrected chi connectivity index (χ0v) is 11.4. The third kappa shape index (κ3) is 9.53. The van der Waals surface area contributed by atoms with Gasteiger partial charge in [-0.3, -0.25) is 0 Å². The lowest BCUT2D eigenvalue weighted by atomic mass is 9.95. The lowest BCUT2D eigenvalue weighted by molar-refractivity contribution is 0.0136. The normalized spacial score (nSPS) is 14.8. The second-order valence-corrected chi connectivity index (χ2v) is 4.46. The Morgan fingerprint density at radius 3 is 2.06 bits per heavy atom. The van der Waals surface area contributed by atoms with E-state index in [2.05, 4.69) is 6.92 Å². The molecule has 0 aliphatic carbocycles. The predicted molar refractivity (Wildman–Crippen MR) is 70.1 cm³/mol. The van der Waals surface area contributed by atoms with Gasteiger partial charge in [-0.2, -0.15) is 0 Å². The summed E-state index contributed by atoms with van der Waals surface area (Å²) in [5, 5.41) is 9.92. The first kappa shape index (κ1) is 16.8. The Morgan fingerprint density at radius 2 is 1.59 bits per heavy atom. The van der Waals surface area contributed by atoms with Gasteiger partial charge in [0, 0.05) is 19.8 Å². The Morgan fingerprint density at radius 1 is 1.00 bits per heavy atom. The van der Waals surface area contributed by atoms with Crippen LogP contribution in [0.2, 0.25) is 0 Å². The van der Waals surface area contributed by atoms with E-state index in [4.69, 9.17) is 15.2 Å². The van der Waals surface area contributed by atoms with Crippen LogP contribution in [0.1, 0.15) is 46.0 Å². The quantitative estimate of drug-likeness (QED) is 0.515. The van der Waals surface area contributed by atoms with Gasteiger partial charge in [-0.05, 0) is 25.7 Å². The molecule has 0 bridgehead atoms. The van der Waals surface area contributed by atoms with Gasteiger partial charge in [0.1, 0.15) is 0 Å². The Balaban J connectivity index is 3.23. The Hall–Kier alpha value is -0.160. The average Bonchev–Trinajstić information content (AvgIpc) is 2.36. The van der Waals surface area contributed by atoms with E-state index in [1.165, 1.54) is 0 Å². The van der Waals surface area contributed by atoms with Gasteiger partial charge in [0.25, 0.3) is 0 Å². The molecule has 3 N–H and O–H groups in total. The van der Waals surface area contributed by atoms with Crippen molar-refractivity contribution in [1.29, 1.82) is 0 Å². The molecular formula is C13H29NO3. The zero-order valence-electron chi connectivity index (χ0n) is 11.4. The highest BCUT2D eigenvalue weighted by Gasteiger charge is 2.21. The first-order valence-corrected chi connectivity index (χ1v) is 6.76. The van der Waals surface area contributed by atoms with E-state index in [1.807, 2.05) is 6.92 Å². The molecule has 0 aromatic carbocycles. The van der Waals surface area contributed by atoms with Crippen LogP contribution >= 0.6 is 0 Å². The molecule has 1 unspecified atom stereocenters. The highest BCUT2D eigenvalue weighted by atomic mass is 16.5. The minimum Gasteiger partial charge on any atom is -0.389 e. The third-order valence-corrected chi connectivity index (χ3v) is 2.98. The number of ether oxygens (including phenoxy) is 2. The van der Waals surface area contributed by atoms with Crippen LogP contribution < -0.4 is 5.73 Å². The van der Waals surface area contributed by atoms with Gasteiger partial charge in [-0.15, -0.1) is 0 Å². The maximum atomic E-state index is 9.92.